The van der Waals surface area contributed by atoms with Crippen LogP contribution in [0, 0.1) is 0 Å². The number of nitrogens with two attached hydrogens (primary N) is 1. The van der Waals surface area contributed by atoms with E-state index in [0.717, 1.165) is 5.56 Å². The van der Waals surface area contributed by atoms with Crippen LogP contribution in [0.15, 0.2) is 69.7 Å². The predicted octanol–water partition coefficient (Wildman–Crippen LogP) is 2.10. The number of ether oxygens (including phenoxy) is 2. The molecule has 0 spiro atoms. The molecule has 53 heavy (non-hydrogen) atoms. The Kier molecular flexibility index (Phi) is 17.3. The molecule has 18 nitrogen and oxygen atoms in total. The van der Waals surface area contributed by atoms with E-state index in [1.807, 2.05) is 24.3 Å². The van der Waals surface area contributed by atoms with Gasteiger partial charge >= 0.3 is 23.9 Å². The van der Waals surface area contributed by atoms with E-state index in [9.17, 15) is 29.4 Å². The number of nitrogens with zero attached hydrogens (tertiary/aromatic N) is 7. The van der Waals surface area contributed by atoms with Crippen molar-refractivity contribution >= 4 is 58.9 Å². The normalized spacial score (nSPS) is 11.5. The summed E-state index contributed by atoms with van der Waals surface area (Å²) in [6.07, 6.45) is 2.10. The molecule has 3 rings (SSSR count). The van der Waals surface area contributed by atoms with Crippen molar-refractivity contribution in [3.63, 3.8) is 0 Å². The van der Waals surface area contributed by atoms with E-state index in [0.29, 0.717) is 35.8 Å². The highest BCUT2D eigenvalue weighted by atomic mass is 32.1. The first kappa shape index (κ1) is 41.4. The summed E-state index contributed by atoms with van der Waals surface area (Å²) in [4.78, 5) is 65.3. The van der Waals surface area contributed by atoms with E-state index in [1.165, 1.54) is 23.2 Å². The highest BCUT2D eigenvalue weighted by molar-refractivity contribution is 7.78. The maximum absolute atomic E-state index is 12.0. The summed E-state index contributed by atoms with van der Waals surface area (Å²) >= 11 is 4.61. The molecule has 0 atom stereocenters. The van der Waals surface area contributed by atoms with Crippen molar-refractivity contribution in [2.75, 3.05) is 52.5 Å². The van der Waals surface area contributed by atoms with Crippen LogP contribution in [-0.2, 0) is 33.8 Å². The van der Waals surface area contributed by atoms with Crippen LogP contribution >= 0.6 is 12.2 Å². The molecule has 2 heterocycles. The maximum atomic E-state index is 12.0. The molecule has 19 heteroatoms. The number of aromatic nitrogens is 2. The molecule has 2 aromatic heterocycles. The Labute approximate surface area is 308 Å². The summed E-state index contributed by atoms with van der Waals surface area (Å²) in [7, 11) is 0. The van der Waals surface area contributed by atoms with E-state index >= 15 is 0 Å². The van der Waals surface area contributed by atoms with Crippen molar-refractivity contribution in [1.29, 1.82) is 0 Å². The number of carbonyl (C=O) groups is 4. The van der Waals surface area contributed by atoms with Crippen molar-refractivity contribution in [1.82, 2.24) is 19.8 Å². The summed E-state index contributed by atoms with van der Waals surface area (Å²) < 4.78 is 11.5. The van der Waals surface area contributed by atoms with Gasteiger partial charge in [-0.05, 0) is 48.5 Å². The number of isothiocyanates is 1. The Morgan fingerprint density at radius 3 is 2.11 bits per heavy atom. The molecule has 280 valence electrons. The van der Waals surface area contributed by atoms with Gasteiger partial charge in [-0.25, -0.2) is 19.6 Å². The Balaban J connectivity index is 1.69. The van der Waals surface area contributed by atoms with E-state index in [2.05, 4.69) is 42.4 Å². The highest BCUT2D eigenvalue weighted by Crippen LogP contribution is 2.18. The zero-order valence-electron chi connectivity index (χ0n) is 28.4. The summed E-state index contributed by atoms with van der Waals surface area (Å²) in [6.45, 7) is -0.0835. The molecule has 3 aromatic rings. The fraction of sp³-hybridized carbons (Fsp3) is 0.324. The molecule has 0 bridgehead atoms. The zero-order chi connectivity index (χ0) is 38.6. The number of thiocarbonyl (C=S) groups is 1. The molecule has 0 saturated carbocycles. The molecule has 0 fully saturated rings. The third kappa shape index (κ3) is 15.8. The monoisotopic (exact) mass is 750 g/mol. The second-order valence-electron chi connectivity index (χ2n) is 11.2. The average Bonchev–Trinajstić information content (AvgIpc) is 3.11. The standard InChI is InChI=1S/C34H38N8O10S/c35-40-27(16-36-9-8-23-4-6-24(7-5-23)37-22-53)21-52-28-14-26(39-30(15-28)34(49)50)18-41(17-25-2-1-3-29(38-25)33(47)48)10-12-51-13-11-42(19-31(43)44)20-32(45)46/h1-7,14-16H,8-13,17-21,35H2,(H,43,44)(H,45,46)(H,47,48)(H,49,50). The fourth-order valence-corrected chi connectivity index (χ4v) is 4.80. The minimum absolute atomic E-state index is 0.0255. The molecular formula is C34H38N8O10S. The van der Waals surface area contributed by atoms with Crippen LogP contribution < -0.4 is 10.6 Å². The van der Waals surface area contributed by atoms with Gasteiger partial charge in [-0.1, -0.05) is 18.2 Å². The largest absolute Gasteiger partial charge is 0.487 e. The quantitative estimate of drug-likeness (QED) is 0.0289. The second-order valence-corrected chi connectivity index (χ2v) is 11.4. The Morgan fingerprint density at radius 2 is 1.49 bits per heavy atom. The first-order valence-corrected chi connectivity index (χ1v) is 16.3. The van der Waals surface area contributed by atoms with Crippen LogP contribution in [0.2, 0.25) is 0 Å². The van der Waals surface area contributed by atoms with Crippen molar-refractivity contribution in [2.24, 2.45) is 20.9 Å². The third-order valence-electron chi connectivity index (χ3n) is 7.12. The van der Waals surface area contributed by atoms with Gasteiger partial charge in [0.05, 0.1) is 48.5 Å². The van der Waals surface area contributed by atoms with Crippen molar-refractivity contribution in [3.8, 4) is 5.75 Å². The lowest BCUT2D eigenvalue weighted by Gasteiger charge is -2.23. The summed E-state index contributed by atoms with van der Waals surface area (Å²) in [5.74, 6) is 0.847. The number of hydrogen-bond donors (Lipinski definition) is 5. The number of rotatable bonds is 24. The molecule has 0 aliphatic rings. The zero-order valence-corrected chi connectivity index (χ0v) is 29.2. The SMILES string of the molecule is NN=C(C=NCCc1ccc(N=C=S)cc1)COc1cc(CN(CCOCCN(CC(=O)O)CC(=O)O)Cc2cccc(C(=O)O)n2)nc(C(=O)O)c1. The van der Waals surface area contributed by atoms with Crippen LogP contribution in [0.1, 0.15) is 37.9 Å². The lowest BCUT2D eigenvalue weighted by molar-refractivity contribution is -0.142. The van der Waals surface area contributed by atoms with Gasteiger partial charge in [-0.2, -0.15) is 10.1 Å². The Hall–Kier alpha value is -5.98. The molecule has 0 unspecified atom stereocenters. The number of pyridine rings is 2. The first-order chi connectivity index (χ1) is 25.4. The van der Waals surface area contributed by atoms with Gasteiger partial charge in [0, 0.05) is 51.1 Å². The number of carboxylic acids is 4. The smallest absolute Gasteiger partial charge is 0.354 e. The molecular weight excluding hydrogens is 712 g/mol. The fourth-order valence-electron chi connectivity index (χ4n) is 4.70. The van der Waals surface area contributed by atoms with Crippen molar-refractivity contribution < 1.29 is 49.1 Å². The molecule has 6 N–H and O–H groups in total. The van der Waals surface area contributed by atoms with Gasteiger partial charge in [0.15, 0.2) is 5.69 Å². The van der Waals surface area contributed by atoms with Crippen LogP contribution in [0.25, 0.3) is 0 Å². The van der Waals surface area contributed by atoms with Crippen molar-refractivity contribution in [3.05, 3.63) is 82.9 Å². The molecule has 0 radical (unpaired) electrons. The van der Waals surface area contributed by atoms with Gasteiger partial charge in [-0.15, -0.1) is 0 Å². The first-order valence-electron chi connectivity index (χ1n) is 15.9. The number of aliphatic carboxylic acids is 2. The Morgan fingerprint density at radius 1 is 0.849 bits per heavy atom. The molecule has 0 saturated heterocycles. The molecule has 0 aliphatic heterocycles. The summed E-state index contributed by atoms with van der Waals surface area (Å²) in [5, 5.41) is 43.3. The number of hydrogen-bond acceptors (Lipinski definition) is 15. The van der Waals surface area contributed by atoms with Gasteiger partial charge in [0.25, 0.3) is 0 Å². The minimum atomic E-state index is -1.30. The third-order valence-corrected chi connectivity index (χ3v) is 7.21. The molecule has 0 amide bonds. The second kappa shape index (κ2) is 22.1. The van der Waals surface area contributed by atoms with Crippen molar-refractivity contribution in [2.45, 2.75) is 19.5 Å². The Bertz CT molecular complexity index is 1820. The number of hydrazone groups is 1. The summed E-state index contributed by atoms with van der Waals surface area (Å²) in [6, 6.07) is 14.8. The molecule has 0 aliphatic carbocycles. The highest BCUT2D eigenvalue weighted by Gasteiger charge is 2.17. The number of aliphatic imine (C=N–C) groups is 2. The number of benzene rings is 1. The minimum Gasteiger partial charge on any atom is -0.487 e. The van der Waals surface area contributed by atoms with Crippen LogP contribution in [-0.4, -0.2) is 134 Å². The maximum Gasteiger partial charge on any atom is 0.354 e. The summed E-state index contributed by atoms with van der Waals surface area (Å²) in [5.41, 5.74) is 2.27. The topological polar surface area (TPSA) is 263 Å². The lowest BCUT2D eigenvalue weighted by atomic mass is 10.1. The van der Waals surface area contributed by atoms with E-state index in [-0.39, 0.29) is 63.1 Å². The van der Waals surface area contributed by atoms with Crippen LogP contribution in [0.4, 0.5) is 5.69 Å². The van der Waals surface area contributed by atoms with Crippen LogP contribution in [0.3, 0.4) is 0 Å². The lowest BCUT2D eigenvalue weighted by Crippen LogP contribution is -2.37. The number of carboxylic acid groups (broad SMARTS) is 4. The predicted molar refractivity (Wildman–Crippen MR) is 194 cm³/mol. The van der Waals surface area contributed by atoms with Gasteiger partial charge < -0.3 is 35.7 Å². The van der Waals surface area contributed by atoms with E-state index in [4.69, 9.17) is 25.5 Å². The van der Waals surface area contributed by atoms with E-state index < -0.39 is 37.0 Å². The number of aromatic carboxylic acids is 2. The van der Waals surface area contributed by atoms with Gasteiger partial charge in [0.2, 0.25) is 0 Å². The van der Waals surface area contributed by atoms with Gasteiger partial charge in [-0.3, -0.25) is 24.4 Å². The average molecular weight is 751 g/mol. The molecule has 1 aromatic carbocycles. The van der Waals surface area contributed by atoms with E-state index in [1.54, 1.807) is 23.1 Å². The van der Waals surface area contributed by atoms with Gasteiger partial charge in [0.1, 0.15) is 23.8 Å². The van der Waals surface area contributed by atoms with Crippen LogP contribution in [0.5, 0.6) is 5.75 Å².